The second-order valence-corrected chi connectivity index (χ2v) is 5.08. The lowest BCUT2D eigenvalue weighted by Crippen LogP contribution is -2.22. The molecule has 0 bridgehead atoms. The lowest BCUT2D eigenvalue weighted by atomic mass is 10.4. The lowest BCUT2D eigenvalue weighted by Gasteiger charge is -2.28. The molecule has 0 saturated carbocycles. The highest BCUT2D eigenvalue weighted by Crippen LogP contribution is 2.21. The Morgan fingerprint density at radius 3 is 1.94 bits per heavy atom. The SMILES string of the molecule is C=C(C)C(=O)[O-].C=C(C)COCCP(=O)([O-])[O-]. The van der Waals surface area contributed by atoms with Crippen LogP contribution in [0.5, 0.6) is 0 Å². The Labute approximate surface area is 101 Å². The van der Waals surface area contributed by atoms with Gasteiger partial charge in [-0.25, -0.2) is 0 Å². The third-order valence-electron chi connectivity index (χ3n) is 1.21. The fourth-order valence-electron chi connectivity index (χ4n) is 0.423. The largest absolute Gasteiger partial charge is 0.811 e. The minimum absolute atomic E-state index is 0.0445. The van der Waals surface area contributed by atoms with Crippen molar-refractivity contribution in [1.82, 2.24) is 0 Å². The molecule has 0 aromatic heterocycles. The summed E-state index contributed by atoms with van der Waals surface area (Å²) in [5, 5.41) is 9.49. The van der Waals surface area contributed by atoms with Crippen LogP contribution in [0.2, 0.25) is 0 Å². The zero-order valence-electron chi connectivity index (χ0n) is 9.93. The molecule has 7 heteroatoms. The summed E-state index contributed by atoms with van der Waals surface area (Å²) < 4.78 is 14.8. The van der Waals surface area contributed by atoms with Gasteiger partial charge in [-0.2, -0.15) is 0 Å². The average molecular weight is 263 g/mol. The molecule has 100 valence electrons. The van der Waals surface area contributed by atoms with E-state index >= 15 is 0 Å². The van der Waals surface area contributed by atoms with Gasteiger partial charge >= 0.3 is 0 Å². The maximum Gasteiger partial charge on any atom is 0.0671 e. The van der Waals surface area contributed by atoms with E-state index < -0.39 is 19.7 Å². The van der Waals surface area contributed by atoms with E-state index in [0.717, 1.165) is 5.57 Å². The van der Waals surface area contributed by atoms with Gasteiger partial charge in [-0.1, -0.05) is 26.3 Å². The molecule has 0 N–H and O–H groups in total. The van der Waals surface area contributed by atoms with E-state index in [2.05, 4.69) is 13.2 Å². The van der Waals surface area contributed by atoms with Gasteiger partial charge in [0.05, 0.1) is 19.2 Å². The van der Waals surface area contributed by atoms with Crippen molar-refractivity contribution in [3.05, 3.63) is 24.3 Å². The summed E-state index contributed by atoms with van der Waals surface area (Å²) in [6.07, 6.45) is -0.444. The van der Waals surface area contributed by atoms with Crippen molar-refractivity contribution in [2.75, 3.05) is 19.4 Å². The molecule has 0 atom stereocenters. The van der Waals surface area contributed by atoms with Crippen molar-refractivity contribution < 1.29 is 29.0 Å². The molecule has 0 saturated heterocycles. The van der Waals surface area contributed by atoms with E-state index in [4.69, 9.17) is 4.74 Å². The Bertz CT molecular complexity index is 305. The van der Waals surface area contributed by atoms with E-state index in [9.17, 15) is 24.3 Å². The standard InChI is InChI=1S/C6H13O4P.C4H6O2/c1-6(2)5-10-3-4-11(7,8)9;1-3(2)4(5)6/h1,3-5H2,2H3,(H2,7,8,9);1H2,2H3,(H,5,6)/p-3. The molecule has 0 aliphatic rings. The molecule has 0 unspecified atom stereocenters. The number of aliphatic carboxylic acids is 1. The number of carboxylic acids is 1. The molecule has 0 aliphatic heterocycles. The van der Waals surface area contributed by atoms with Gasteiger partial charge in [0, 0.05) is 0 Å². The van der Waals surface area contributed by atoms with Crippen LogP contribution in [0, 0.1) is 0 Å². The fourth-order valence-corrected chi connectivity index (χ4v) is 0.775. The highest BCUT2D eigenvalue weighted by molar-refractivity contribution is 7.48. The van der Waals surface area contributed by atoms with E-state index in [1.54, 1.807) is 6.92 Å². The normalized spacial score (nSPS) is 10.1. The fraction of sp³-hybridized carbons (Fsp3) is 0.500. The van der Waals surface area contributed by atoms with Crippen LogP contribution in [-0.4, -0.2) is 25.3 Å². The Morgan fingerprint density at radius 1 is 1.29 bits per heavy atom. The summed E-state index contributed by atoms with van der Waals surface area (Å²) in [4.78, 5) is 29.6. The molecule has 0 amide bonds. The van der Waals surface area contributed by atoms with Crippen LogP contribution in [0.4, 0.5) is 0 Å². The molecule has 0 radical (unpaired) electrons. The third kappa shape index (κ3) is 21.0. The summed E-state index contributed by atoms with van der Waals surface area (Å²) in [6, 6.07) is 0. The number of carboxylic acid groups (broad SMARTS) is 1. The van der Waals surface area contributed by atoms with Crippen molar-refractivity contribution in [3.63, 3.8) is 0 Å². The summed E-state index contributed by atoms with van der Waals surface area (Å²) in [6.45, 7) is 10.0. The van der Waals surface area contributed by atoms with Crippen molar-refractivity contribution in [2.24, 2.45) is 0 Å². The van der Waals surface area contributed by atoms with Crippen LogP contribution >= 0.6 is 7.60 Å². The molecule has 0 spiro atoms. The first kappa shape index (κ1) is 18.4. The van der Waals surface area contributed by atoms with Gasteiger partial charge in [0.25, 0.3) is 0 Å². The number of ether oxygens (including phenoxy) is 1. The molecule has 0 aromatic carbocycles. The van der Waals surface area contributed by atoms with E-state index in [1.807, 2.05) is 0 Å². The monoisotopic (exact) mass is 263 g/mol. The first-order valence-corrected chi connectivity index (χ1v) is 6.39. The van der Waals surface area contributed by atoms with Crippen LogP contribution in [0.3, 0.4) is 0 Å². The van der Waals surface area contributed by atoms with Gasteiger partial charge in [0.15, 0.2) is 0 Å². The zero-order valence-corrected chi connectivity index (χ0v) is 10.8. The summed E-state index contributed by atoms with van der Waals surface area (Å²) in [5.74, 6) is -1.19. The van der Waals surface area contributed by atoms with Crippen LogP contribution in [0.1, 0.15) is 13.8 Å². The van der Waals surface area contributed by atoms with Gasteiger partial charge in [-0.05, 0) is 25.6 Å². The number of hydrogen-bond acceptors (Lipinski definition) is 6. The lowest BCUT2D eigenvalue weighted by molar-refractivity contribution is -0.314. The molecule has 0 fully saturated rings. The molecular weight excluding hydrogens is 247 g/mol. The molecule has 17 heavy (non-hydrogen) atoms. The molecule has 0 heterocycles. The Morgan fingerprint density at radius 2 is 1.71 bits per heavy atom. The minimum atomic E-state index is -4.38. The second kappa shape index (κ2) is 9.13. The maximum atomic E-state index is 10.0. The number of rotatable bonds is 6. The van der Waals surface area contributed by atoms with Crippen molar-refractivity contribution in [1.29, 1.82) is 0 Å². The van der Waals surface area contributed by atoms with Gasteiger partial charge in [-0.15, -0.1) is 0 Å². The number of carbonyl (C=O) groups is 1. The third-order valence-corrected chi connectivity index (χ3v) is 1.94. The highest BCUT2D eigenvalue weighted by Gasteiger charge is 1.91. The Balaban J connectivity index is 0. The van der Waals surface area contributed by atoms with Crippen LogP contribution in [-0.2, 0) is 14.1 Å². The molecular formula is C10H16O6P-3. The highest BCUT2D eigenvalue weighted by atomic mass is 31.2. The maximum absolute atomic E-state index is 10.0. The summed E-state index contributed by atoms with van der Waals surface area (Å²) >= 11 is 0. The topological polar surface area (TPSA) is 113 Å². The minimum Gasteiger partial charge on any atom is -0.811 e. The van der Waals surface area contributed by atoms with Crippen molar-refractivity contribution >= 4 is 13.6 Å². The zero-order chi connectivity index (χ0) is 14.1. The predicted octanol–water partition coefficient (Wildman–Crippen LogP) is -1.19. The molecule has 0 aliphatic carbocycles. The average Bonchev–Trinajstić information content (AvgIpc) is 2.11. The second-order valence-electron chi connectivity index (χ2n) is 3.41. The van der Waals surface area contributed by atoms with Gasteiger partial charge in [0.2, 0.25) is 0 Å². The van der Waals surface area contributed by atoms with Crippen LogP contribution < -0.4 is 14.9 Å². The summed E-state index contributed by atoms with van der Waals surface area (Å²) in [5.41, 5.74) is 0.867. The van der Waals surface area contributed by atoms with Gasteiger partial charge in [-0.3, -0.25) is 0 Å². The Hall–Kier alpha value is -0.940. The smallest absolute Gasteiger partial charge is 0.0671 e. The van der Waals surface area contributed by atoms with Crippen LogP contribution in [0.25, 0.3) is 0 Å². The number of hydrogen-bond donors (Lipinski definition) is 0. The number of carbonyl (C=O) groups excluding carboxylic acids is 1. The van der Waals surface area contributed by atoms with Crippen LogP contribution in [0.15, 0.2) is 24.3 Å². The van der Waals surface area contributed by atoms with Crippen molar-refractivity contribution in [2.45, 2.75) is 13.8 Å². The molecule has 0 rings (SSSR count). The first-order valence-electron chi connectivity index (χ1n) is 4.66. The predicted molar refractivity (Wildman–Crippen MR) is 57.9 cm³/mol. The Kier molecular flexibility index (Phi) is 9.89. The van der Waals surface area contributed by atoms with Gasteiger partial charge in [0.1, 0.15) is 0 Å². The molecule has 6 nitrogen and oxygen atoms in total. The van der Waals surface area contributed by atoms with Crippen molar-refractivity contribution in [3.8, 4) is 0 Å². The molecule has 0 aromatic rings. The van der Waals surface area contributed by atoms with E-state index in [0.29, 0.717) is 6.61 Å². The van der Waals surface area contributed by atoms with E-state index in [-0.39, 0.29) is 12.2 Å². The quantitative estimate of drug-likeness (QED) is 0.257. The summed E-state index contributed by atoms with van der Waals surface area (Å²) in [7, 11) is -4.38. The van der Waals surface area contributed by atoms with E-state index in [1.165, 1.54) is 6.92 Å². The first-order chi connectivity index (χ1) is 7.56. The van der Waals surface area contributed by atoms with Gasteiger partial charge < -0.3 is 29.0 Å².